The summed E-state index contributed by atoms with van der Waals surface area (Å²) in [7, 11) is 0. The van der Waals surface area contributed by atoms with Crippen molar-refractivity contribution in [2.24, 2.45) is 0 Å². The van der Waals surface area contributed by atoms with E-state index in [1.807, 2.05) is 0 Å². The lowest BCUT2D eigenvalue weighted by Crippen LogP contribution is -2.04. The molecule has 0 aliphatic carbocycles. The van der Waals surface area contributed by atoms with Crippen LogP contribution in [-0.4, -0.2) is 16.2 Å². The van der Waals surface area contributed by atoms with Crippen LogP contribution in [0, 0.1) is 21.4 Å². The van der Waals surface area contributed by atoms with E-state index in [0.29, 0.717) is 0 Å². The lowest BCUT2D eigenvalue weighted by molar-refractivity contribution is -0.386. The minimum Gasteiger partial charge on any atom is -0.296 e. The monoisotopic (exact) mass is 227 g/mol. The van der Waals surface area contributed by atoms with Gasteiger partial charge in [-0.2, -0.15) is 5.26 Å². The highest BCUT2D eigenvalue weighted by Crippen LogP contribution is 2.30. The average molecular weight is 227 g/mol. The Morgan fingerprint density at radius 1 is 1.62 bits per heavy atom. The third-order valence-electron chi connectivity index (χ3n) is 1.67. The van der Waals surface area contributed by atoms with Crippen LogP contribution in [0.25, 0.3) is 0 Å². The normalized spacial score (nSPS) is 9.88. The van der Waals surface area contributed by atoms with Crippen molar-refractivity contribution in [2.45, 2.75) is 6.43 Å². The van der Waals surface area contributed by atoms with Crippen molar-refractivity contribution in [2.75, 3.05) is 0 Å². The van der Waals surface area contributed by atoms with Crippen LogP contribution in [-0.2, 0) is 0 Å². The van der Waals surface area contributed by atoms with Crippen LogP contribution in [0.5, 0.6) is 0 Å². The summed E-state index contributed by atoms with van der Waals surface area (Å²) < 4.78 is 24.9. The molecule has 0 saturated heterocycles. The van der Waals surface area contributed by atoms with E-state index in [0.717, 1.165) is 6.07 Å². The van der Waals surface area contributed by atoms with Crippen LogP contribution >= 0.6 is 0 Å². The van der Waals surface area contributed by atoms with E-state index in [-0.39, 0.29) is 6.29 Å². The number of nitrogens with zero attached hydrogens (tertiary/aromatic N) is 3. The Kier molecular flexibility index (Phi) is 3.20. The van der Waals surface area contributed by atoms with E-state index in [9.17, 15) is 23.7 Å². The minimum absolute atomic E-state index is 0.135. The highest BCUT2D eigenvalue weighted by atomic mass is 19.3. The molecule has 1 aromatic rings. The molecule has 0 fully saturated rings. The molecule has 8 heteroatoms. The second kappa shape index (κ2) is 4.39. The highest BCUT2D eigenvalue weighted by molar-refractivity contribution is 5.74. The topological polar surface area (TPSA) is 96.9 Å². The van der Waals surface area contributed by atoms with Crippen molar-refractivity contribution in [1.29, 1.82) is 5.26 Å². The van der Waals surface area contributed by atoms with Crippen molar-refractivity contribution >= 4 is 12.0 Å². The van der Waals surface area contributed by atoms with Crippen LogP contribution < -0.4 is 0 Å². The maximum absolute atomic E-state index is 12.4. The largest absolute Gasteiger partial charge is 0.314 e. The molecule has 0 bridgehead atoms. The SMILES string of the molecule is N#Cc1cc(C=O)nc(C(F)F)c1[N+](=O)[O-]. The maximum Gasteiger partial charge on any atom is 0.314 e. The standard InChI is InChI=1S/C8H3F2N3O3/c9-8(10)6-7(13(15)16)4(2-11)1-5(3-14)12-6/h1,3,8H. The summed E-state index contributed by atoms with van der Waals surface area (Å²) in [6, 6.07) is 2.16. The highest BCUT2D eigenvalue weighted by Gasteiger charge is 2.28. The van der Waals surface area contributed by atoms with Crippen molar-refractivity contribution in [3.05, 3.63) is 33.1 Å². The molecule has 0 aliphatic heterocycles. The number of aromatic nitrogens is 1. The predicted molar refractivity (Wildman–Crippen MR) is 46.0 cm³/mol. The van der Waals surface area contributed by atoms with Gasteiger partial charge in [0.05, 0.1) is 4.92 Å². The van der Waals surface area contributed by atoms with Gasteiger partial charge in [0.15, 0.2) is 12.0 Å². The summed E-state index contributed by atoms with van der Waals surface area (Å²) in [5, 5.41) is 19.0. The molecule has 1 heterocycles. The van der Waals surface area contributed by atoms with Crippen molar-refractivity contribution in [3.8, 4) is 6.07 Å². The van der Waals surface area contributed by atoms with E-state index in [2.05, 4.69) is 4.98 Å². The number of aldehydes is 1. The van der Waals surface area contributed by atoms with Crippen LogP contribution in [0.1, 0.15) is 28.2 Å². The number of halogens is 2. The Hall–Kier alpha value is -2.43. The van der Waals surface area contributed by atoms with Gasteiger partial charge in [-0.25, -0.2) is 13.8 Å². The number of pyridine rings is 1. The summed E-state index contributed by atoms with van der Waals surface area (Å²) in [6.45, 7) is 0. The molecule has 0 unspecified atom stereocenters. The number of nitriles is 1. The van der Waals surface area contributed by atoms with Gasteiger partial charge in [-0.1, -0.05) is 0 Å². The Labute approximate surface area is 87.3 Å². The zero-order chi connectivity index (χ0) is 12.3. The summed E-state index contributed by atoms with van der Waals surface area (Å²) in [5.74, 6) is 0. The fraction of sp³-hybridized carbons (Fsp3) is 0.125. The van der Waals surface area contributed by atoms with Gasteiger partial charge in [-0.15, -0.1) is 0 Å². The number of nitro groups is 1. The van der Waals surface area contributed by atoms with Crippen molar-refractivity contribution in [1.82, 2.24) is 4.98 Å². The van der Waals surface area contributed by atoms with Gasteiger partial charge in [0.2, 0.25) is 0 Å². The summed E-state index contributed by atoms with van der Waals surface area (Å²) in [4.78, 5) is 22.8. The van der Waals surface area contributed by atoms with Gasteiger partial charge in [-0.05, 0) is 6.07 Å². The maximum atomic E-state index is 12.4. The van der Waals surface area contributed by atoms with Crippen LogP contribution in [0.4, 0.5) is 14.5 Å². The smallest absolute Gasteiger partial charge is 0.296 e. The van der Waals surface area contributed by atoms with E-state index < -0.39 is 34.0 Å². The molecule has 82 valence electrons. The number of hydrogen-bond donors (Lipinski definition) is 0. The van der Waals surface area contributed by atoms with Gasteiger partial charge in [0.25, 0.3) is 6.43 Å². The van der Waals surface area contributed by atoms with Gasteiger partial charge in [0, 0.05) is 0 Å². The molecule has 0 aliphatic rings. The van der Waals surface area contributed by atoms with Gasteiger partial charge in [-0.3, -0.25) is 14.9 Å². The molecular formula is C8H3F2N3O3. The minimum atomic E-state index is -3.23. The first-order valence-corrected chi connectivity index (χ1v) is 3.84. The third-order valence-corrected chi connectivity index (χ3v) is 1.67. The second-order valence-corrected chi connectivity index (χ2v) is 2.62. The first-order valence-electron chi connectivity index (χ1n) is 3.84. The fourth-order valence-corrected chi connectivity index (χ4v) is 1.07. The lowest BCUT2D eigenvalue weighted by Gasteiger charge is -2.02. The Bertz CT molecular complexity index is 496. The summed E-state index contributed by atoms with van der Waals surface area (Å²) >= 11 is 0. The molecule has 0 atom stereocenters. The van der Waals surface area contributed by atoms with E-state index in [1.54, 1.807) is 0 Å². The molecule has 0 amide bonds. The van der Waals surface area contributed by atoms with Crippen LogP contribution in [0.2, 0.25) is 0 Å². The predicted octanol–water partition coefficient (Wildman–Crippen LogP) is 1.61. The first kappa shape index (κ1) is 11.6. The summed E-state index contributed by atoms with van der Waals surface area (Å²) in [5.41, 5.74) is -3.30. The fourth-order valence-electron chi connectivity index (χ4n) is 1.07. The zero-order valence-corrected chi connectivity index (χ0v) is 7.55. The van der Waals surface area contributed by atoms with Crippen molar-refractivity contribution < 1.29 is 18.5 Å². The van der Waals surface area contributed by atoms with Gasteiger partial charge in [0.1, 0.15) is 17.3 Å². The Morgan fingerprint density at radius 2 is 2.25 bits per heavy atom. The number of alkyl halides is 2. The molecule has 1 rings (SSSR count). The molecule has 6 nitrogen and oxygen atoms in total. The molecule has 0 saturated carbocycles. The molecule has 0 spiro atoms. The first-order chi connectivity index (χ1) is 7.51. The molecular weight excluding hydrogens is 224 g/mol. The van der Waals surface area contributed by atoms with Gasteiger partial charge >= 0.3 is 5.69 Å². The van der Waals surface area contributed by atoms with Crippen LogP contribution in [0.15, 0.2) is 6.07 Å². The molecule has 16 heavy (non-hydrogen) atoms. The van der Waals surface area contributed by atoms with Crippen molar-refractivity contribution in [3.63, 3.8) is 0 Å². The Balaban J connectivity index is 3.61. The lowest BCUT2D eigenvalue weighted by atomic mass is 10.1. The number of hydrogen-bond acceptors (Lipinski definition) is 5. The number of carbonyl (C=O) groups is 1. The molecule has 1 aromatic heterocycles. The third kappa shape index (κ3) is 1.98. The van der Waals surface area contributed by atoms with E-state index in [1.165, 1.54) is 6.07 Å². The summed E-state index contributed by atoms with van der Waals surface area (Å²) in [6.07, 6.45) is -3.09. The number of rotatable bonds is 3. The molecule has 0 N–H and O–H groups in total. The second-order valence-electron chi connectivity index (χ2n) is 2.62. The number of carbonyl (C=O) groups excluding carboxylic acids is 1. The van der Waals surface area contributed by atoms with E-state index in [4.69, 9.17) is 5.26 Å². The van der Waals surface area contributed by atoms with Crippen LogP contribution in [0.3, 0.4) is 0 Å². The Morgan fingerprint density at radius 3 is 2.62 bits per heavy atom. The molecule has 0 aromatic carbocycles. The average Bonchev–Trinajstić information content (AvgIpc) is 2.26. The molecule has 0 radical (unpaired) electrons. The zero-order valence-electron chi connectivity index (χ0n) is 7.55. The van der Waals surface area contributed by atoms with Gasteiger partial charge < -0.3 is 0 Å². The van der Waals surface area contributed by atoms with E-state index >= 15 is 0 Å². The quantitative estimate of drug-likeness (QED) is 0.443.